The van der Waals surface area contributed by atoms with Gasteiger partial charge in [0.05, 0.1) is 5.56 Å². The monoisotopic (exact) mass is 332 g/mol. The van der Waals surface area contributed by atoms with E-state index in [-0.39, 0.29) is 22.0 Å². The number of rotatable bonds is 2. The summed E-state index contributed by atoms with van der Waals surface area (Å²) >= 11 is 3.10. The number of hydrogen-bond donors (Lipinski definition) is 1. The maximum Gasteiger partial charge on any atom is 0.255 e. The third-order valence-electron chi connectivity index (χ3n) is 3.40. The molecule has 2 rings (SSSR count). The fourth-order valence-electron chi connectivity index (χ4n) is 2.35. The minimum absolute atomic E-state index is 0.0266. The van der Waals surface area contributed by atoms with Crippen LogP contribution < -0.4 is 5.73 Å². The topological polar surface area (TPSA) is 46.3 Å². The van der Waals surface area contributed by atoms with Gasteiger partial charge in [0.2, 0.25) is 0 Å². The quantitative estimate of drug-likeness (QED) is 0.846. The molecule has 0 saturated carbocycles. The summed E-state index contributed by atoms with van der Waals surface area (Å²) in [5.41, 5.74) is 5.80. The van der Waals surface area contributed by atoms with Crippen molar-refractivity contribution in [3.05, 3.63) is 33.8 Å². The Bertz CT molecular complexity index is 496. The van der Waals surface area contributed by atoms with E-state index in [1.807, 2.05) is 0 Å². The number of carbonyl (C=O) groups is 1. The second kappa shape index (κ2) is 5.96. The van der Waals surface area contributed by atoms with Crippen LogP contribution >= 0.6 is 15.9 Å². The normalized spacial score (nSPS) is 19.6. The number of likely N-dealkylation sites (tertiary alicyclic amines) is 1. The molecule has 2 N–H and O–H groups in total. The van der Waals surface area contributed by atoms with Crippen molar-refractivity contribution in [1.29, 1.82) is 0 Å². The van der Waals surface area contributed by atoms with E-state index < -0.39 is 11.6 Å². The SMILES string of the molecule is NCC1CCCCN1C(=O)c1cc(F)c(F)cc1Br. The van der Waals surface area contributed by atoms with Crippen LogP contribution in [0.15, 0.2) is 16.6 Å². The van der Waals surface area contributed by atoms with Crippen LogP contribution in [0, 0.1) is 11.6 Å². The molecule has 1 heterocycles. The van der Waals surface area contributed by atoms with E-state index in [1.54, 1.807) is 4.90 Å². The van der Waals surface area contributed by atoms with Gasteiger partial charge in [-0.1, -0.05) is 0 Å². The van der Waals surface area contributed by atoms with Gasteiger partial charge in [-0.15, -0.1) is 0 Å². The summed E-state index contributed by atoms with van der Waals surface area (Å²) in [5, 5.41) is 0. The molecule has 1 unspecified atom stereocenters. The highest BCUT2D eigenvalue weighted by Gasteiger charge is 2.28. The number of carbonyl (C=O) groups excluding carboxylic acids is 1. The van der Waals surface area contributed by atoms with Gasteiger partial charge in [0.15, 0.2) is 11.6 Å². The summed E-state index contributed by atoms with van der Waals surface area (Å²) in [6, 6.07) is 1.88. The van der Waals surface area contributed by atoms with Crippen molar-refractivity contribution in [2.24, 2.45) is 5.73 Å². The zero-order chi connectivity index (χ0) is 14.0. The molecule has 1 aromatic rings. The lowest BCUT2D eigenvalue weighted by Gasteiger charge is -2.35. The maximum absolute atomic E-state index is 13.3. The fourth-order valence-corrected chi connectivity index (χ4v) is 2.84. The first-order valence-electron chi connectivity index (χ1n) is 6.20. The van der Waals surface area contributed by atoms with Gasteiger partial charge >= 0.3 is 0 Å². The van der Waals surface area contributed by atoms with E-state index in [2.05, 4.69) is 15.9 Å². The molecule has 0 spiro atoms. The second-order valence-corrected chi connectivity index (χ2v) is 5.48. The van der Waals surface area contributed by atoms with Gasteiger partial charge in [0, 0.05) is 23.6 Å². The molecular weight excluding hydrogens is 318 g/mol. The Kier molecular flexibility index (Phi) is 4.52. The minimum Gasteiger partial charge on any atom is -0.334 e. The van der Waals surface area contributed by atoms with Crippen molar-refractivity contribution < 1.29 is 13.6 Å². The Morgan fingerprint density at radius 1 is 1.37 bits per heavy atom. The standard InChI is InChI=1S/C13H15BrF2N2O/c14-10-6-12(16)11(15)5-9(10)13(19)18-4-2-1-3-8(18)7-17/h5-6,8H,1-4,7,17H2. The van der Waals surface area contributed by atoms with Crippen LogP contribution in [0.5, 0.6) is 0 Å². The average Bonchev–Trinajstić information content (AvgIpc) is 2.42. The predicted octanol–water partition coefficient (Wildman–Crippen LogP) is 2.68. The van der Waals surface area contributed by atoms with E-state index >= 15 is 0 Å². The van der Waals surface area contributed by atoms with E-state index in [9.17, 15) is 13.6 Å². The van der Waals surface area contributed by atoms with Gasteiger partial charge in [-0.05, 0) is 47.3 Å². The molecule has 19 heavy (non-hydrogen) atoms. The van der Waals surface area contributed by atoms with Crippen LogP contribution in [-0.4, -0.2) is 29.9 Å². The van der Waals surface area contributed by atoms with Gasteiger partial charge in [-0.3, -0.25) is 4.79 Å². The Morgan fingerprint density at radius 3 is 2.74 bits per heavy atom. The molecule has 3 nitrogen and oxygen atoms in total. The largest absolute Gasteiger partial charge is 0.334 e. The van der Waals surface area contributed by atoms with Crippen LogP contribution in [0.25, 0.3) is 0 Å². The van der Waals surface area contributed by atoms with Crippen LogP contribution in [-0.2, 0) is 0 Å². The van der Waals surface area contributed by atoms with Crippen LogP contribution in [0.4, 0.5) is 8.78 Å². The zero-order valence-electron chi connectivity index (χ0n) is 10.3. The molecule has 0 radical (unpaired) electrons. The van der Waals surface area contributed by atoms with E-state index in [4.69, 9.17) is 5.73 Å². The molecule has 1 amide bonds. The van der Waals surface area contributed by atoms with Crippen molar-refractivity contribution in [2.75, 3.05) is 13.1 Å². The van der Waals surface area contributed by atoms with E-state index in [0.29, 0.717) is 13.1 Å². The first kappa shape index (κ1) is 14.4. The fraction of sp³-hybridized carbons (Fsp3) is 0.462. The van der Waals surface area contributed by atoms with Gasteiger partial charge in [0.25, 0.3) is 5.91 Å². The molecule has 0 bridgehead atoms. The van der Waals surface area contributed by atoms with Crippen molar-refractivity contribution >= 4 is 21.8 Å². The van der Waals surface area contributed by atoms with Gasteiger partial charge in [-0.2, -0.15) is 0 Å². The summed E-state index contributed by atoms with van der Waals surface area (Å²) in [6.07, 6.45) is 2.79. The second-order valence-electron chi connectivity index (χ2n) is 4.63. The molecular formula is C13H15BrF2N2O. The molecule has 6 heteroatoms. The highest BCUT2D eigenvalue weighted by atomic mass is 79.9. The van der Waals surface area contributed by atoms with Crippen molar-refractivity contribution in [3.8, 4) is 0 Å². The Labute approximate surface area is 118 Å². The number of piperidine rings is 1. The summed E-state index contributed by atoms with van der Waals surface area (Å²) in [7, 11) is 0. The number of amides is 1. The summed E-state index contributed by atoms with van der Waals surface area (Å²) in [4.78, 5) is 14.1. The number of nitrogens with zero attached hydrogens (tertiary/aromatic N) is 1. The third kappa shape index (κ3) is 2.95. The first-order valence-corrected chi connectivity index (χ1v) is 6.99. The van der Waals surface area contributed by atoms with E-state index in [1.165, 1.54) is 0 Å². The number of hydrogen-bond acceptors (Lipinski definition) is 2. The lowest BCUT2D eigenvalue weighted by Crippen LogP contribution is -2.47. The van der Waals surface area contributed by atoms with Crippen LogP contribution in [0.1, 0.15) is 29.6 Å². The smallest absolute Gasteiger partial charge is 0.255 e. The van der Waals surface area contributed by atoms with E-state index in [0.717, 1.165) is 31.4 Å². The minimum atomic E-state index is -1.02. The molecule has 1 saturated heterocycles. The molecule has 1 aliphatic rings. The highest BCUT2D eigenvalue weighted by Crippen LogP contribution is 2.25. The molecule has 1 aromatic carbocycles. The van der Waals surface area contributed by atoms with Gasteiger partial charge < -0.3 is 10.6 Å². The summed E-state index contributed by atoms with van der Waals surface area (Å²) in [6.45, 7) is 0.985. The van der Waals surface area contributed by atoms with Crippen molar-refractivity contribution in [3.63, 3.8) is 0 Å². The Balaban J connectivity index is 2.30. The Hall–Kier alpha value is -1.01. The maximum atomic E-state index is 13.3. The zero-order valence-corrected chi connectivity index (χ0v) is 11.9. The van der Waals surface area contributed by atoms with Crippen LogP contribution in [0.2, 0.25) is 0 Å². The van der Waals surface area contributed by atoms with Gasteiger partial charge in [0.1, 0.15) is 0 Å². The molecule has 0 aromatic heterocycles. The first-order chi connectivity index (χ1) is 9.04. The van der Waals surface area contributed by atoms with Crippen molar-refractivity contribution in [2.45, 2.75) is 25.3 Å². The average molecular weight is 333 g/mol. The summed E-state index contributed by atoms with van der Waals surface area (Å²) in [5.74, 6) is -2.30. The molecule has 1 fully saturated rings. The Morgan fingerprint density at radius 2 is 2.05 bits per heavy atom. The third-order valence-corrected chi connectivity index (χ3v) is 4.06. The molecule has 1 atom stereocenters. The number of halogens is 3. The molecule has 0 aliphatic carbocycles. The summed E-state index contributed by atoms with van der Waals surface area (Å²) < 4.78 is 26.6. The van der Waals surface area contributed by atoms with Gasteiger partial charge in [-0.25, -0.2) is 8.78 Å². The predicted molar refractivity (Wildman–Crippen MR) is 71.8 cm³/mol. The number of nitrogens with two attached hydrogens (primary N) is 1. The number of benzene rings is 1. The lowest BCUT2D eigenvalue weighted by atomic mass is 10.0. The molecule has 104 valence electrons. The molecule has 1 aliphatic heterocycles. The highest BCUT2D eigenvalue weighted by molar-refractivity contribution is 9.10. The van der Waals surface area contributed by atoms with Crippen LogP contribution in [0.3, 0.4) is 0 Å². The van der Waals surface area contributed by atoms with Crippen molar-refractivity contribution in [1.82, 2.24) is 4.90 Å². The lowest BCUT2D eigenvalue weighted by molar-refractivity contribution is 0.0622.